The normalized spacial score (nSPS) is 17.8. The molecule has 0 unspecified atom stereocenters. The molecule has 1 saturated heterocycles. The van der Waals surface area contributed by atoms with Crippen molar-refractivity contribution in [2.45, 2.75) is 47.6 Å². The van der Waals surface area contributed by atoms with Crippen molar-refractivity contribution in [1.82, 2.24) is 9.80 Å². The van der Waals surface area contributed by atoms with Gasteiger partial charge in [-0.3, -0.25) is 9.69 Å². The van der Waals surface area contributed by atoms with Crippen molar-refractivity contribution in [3.63, 3.8) is 0 Å². The fraction of sp³-hybridized carbons (Fsp3) is 0.923. The summed E-state index contributed by atoms with van der Waals surface area (Å²) >= 11 is 0. The fourth-order valence-corrected chi connectivity index (χ4v) is 1.97. The average molecular weight is 228 g/mol. The molecule has 0 spiro atoms. The van der Waals surface area contributed by atoms with E-state index in [9.17, 15) is 4.79 Å². The Hall–Kier alpha value is -0.570. The summed E-state index contributed by atoms with van der Waals surface area (Å²) in [5.74, 6) is 0.800. The third-order valence-electron chi connectivity index (χ3n) is 2.98. The second kappa shape index (κ2) is 6.89. The van der Waals surface area contributed by atoms with Crippen LogP contribution in [-0.4, -0.2) is 47.9 Å². The molecule has 3 nitrogen and oxygen atoms in total. The molecule has 0 aromatic carbocycles. The number of rotatable bonds is 3. The van der Waals surface area contributed by atoms with E-state index in [1.807, 2.05) is 4.90 Å². The highest BCUT2D eigenvalue weighted by Crippen LogP contribution is 2.09. The molecule has 16 heavy (non-hydrogen) atoms. The van der Waals surface area contributed by atoms with E-state index >= 15 is 0 Å². The molecule has 0 atom stereocenters. The van der Waals surface area contributed by atoms with Gasteiger partial charge in [0.25, 0.3) is 0 Å². The first-order valence-corrected chi connectivity index (χ1v) is 6.02. The fourth-order valence-electron chi connectivity index (χ4n) is 1.97. The summed E-state index contributed by atoms with van der Waals surface area (Å²) < 4.78 is 0. The summed E-state index contributed by atoms with van der Waals surface area (Å²) in [5.41, 5.74) is 0. The van der Waals surface area contributed by atoms with Crippen LogP contribution in [0.1, 0.15) is 41.5 Å². The van der Waals surface area contributed by atoms with E-state index < -0.39 is 0 Å². The van der Waals surface area contributed by atoms with Gasteiger partial charge in [-0.15, -0.1) is 0 Å². The van der Waals surface area contributed by atoms with Crippen LogP contribution in [0.15, 0.2) is 0 Å². The summed E-state index contributed by atoms with van der Waals surface area (Å²) in [6.07, 6.45) is 0.696. The molecular weight excluding hydrogens is 200 g/mol. The molecule has 0 aromatic rings. The lowest BCUT2D eigenvalue weighted by Crippen LogP contribution is -2.50. The molecule has 1 heterocycles. The zero-order valence-corrected chi connectivity index (χ0v) is 10.5. The molecule has 96 valence electrons. The Labute approximate surface area is 101 Å². The van der Waals surface area contributed by atoms with Crippen molar-refractivity contribution < 1.29 is 4.79 Å². The monoisotopic (exact) mass is 228 g/mol. The van der Waals surface area contributed by atoms with Crippen LogP contribution in [0.2, 0.25) is 0 Å². The standard InChI is InChI=1S/C12H24N2O.CH4/c1-10(2)9-12(15)14-7-5-13(6-8-14)11(3)4;/h10-11H,5-9H2,1-4H3;1H4. The molecule has 0 aliphatic carbocycles. The highest BCUT2D eigenvalue weighted by Gasteiger charge is 2.22. The van der Waals surface area contributed by atoms with E-state index in [2.05, 4.69) is 32.6 Å². The van der Waals surface area contributed by atoms with E-state index in [-0.39, 0.29) is 7.43 Å². The predicted molar refractivity (Wildman–Crippen MR) is 69.5 cm³/mol. The zero-order valence-electron chi connectivity index (χ0n) is 10.5. The van der Waals surface area contributed by atoms with Gasteiger partial charge < -0.3 is 4.90 Å². The molecule has 1 amide bonds. The number of amides is 1. The number of carbonyl (C=O) groups excluding carboxylic acids is 1. The molecule has 0 saturated carbocycles. The van der Waals surface area contributed by atoms with Crippen LogP contribution < -0.4 is 0 Å². The summed E-state index contributed by atoms with van der Waals surface area (Å²) in [4.78, 5) is 16.2. The molecular formula is C13H28N2O. The largest absolute Gasteiger partial charge is 0.340 e. The molecule has 1 aliphatic rings. The van der Waals surface area contributed by atoms with Crippen LogP contribution in [-0.2, 0) is 4.79 Å². The van der Waals surface area contributed by atoms with Gasteiger partial charge in [0.1, 0.15) is 0 Å². The maximum Gasteiger partial charge on any atom is 0.222 e. The molecule has 1 aliphatic heterocycles. The van der Waals surface area contributed by atoms with E-state index in [4.69, 9.17) is 0 Å². The van der Waals surface area contributed by atoms with Crippen LogP contribution in [0.5, 0.6) is 0 Å². The molecule has 0 radical (unpaired) electrons. The molecule has 0 aromatic heterocycles. The van der Waals surface area contributed by atoms with Crippen molar-refractivity contribution in [2.75, 3.05) is 26.2 Å². The highest BCUT2D eigenvalue weighted by atomic mass is 16.2. The van der Waals surface area contributed by atoms with Crippen LogP contribution >= 0.6 is 0 Å². The minimum atomic E-state index is 0. The minimum absolute atomic E-state index is 0. The van der Waals surface area contributed by atoms with Crippen LogP contribution in [0, 0.1) is 5.92 Å². The maximum absolute atomic E-state index is 11.8. The lowest BCUT2D eigenvalue weighted by atomic mass is 10.1. The Bertz CT molecular complexity index is 206. The lowest BCUT2D eigenvalue weighted by Gasteiger charge is -2.37. The van der Waals surface area contributed by atoms with Gasteiger partial charge in [-0.1, -0.05) is 21.3 Å². The lowest BCUT2D eigenvalue weighted by molar-refractivity contribution is -0.133. The Morgan fingerprint density at radius 2 is 1.56 bits per heavy atom. The topological polar surface area (TPSA) is 23.6 Å². The summed E-state index contributed by atoms with van der Waals surface area (Å²) in [7, 11) is 0. The second-order valence-corrected chi connectivity index (χ2v) is 5.11. The first-order chi connectivity index (χ1) is 7.00. The number of piperazine rings is 1. The Morgan fingerprint density at radius 1 is 1.06 bits per heavy atom. The third-order valence-corrected chi connectivity index (χ3v) is 2.98. The first-order valence-electron chi connectivity index (χ1n) is 6.02. The molecule has 1 fully saturated rings. The molecule has 1 rings (SSSR count). The highest BCUT2D eigenvalue weighted by molar-refractivity contribution is 5.76. The summed E-state index contributed by atoms with van der Waals surface area (Å²) in [6, 6.07) is 0.604. The average Bonchev–Trinajstić information content (AvgIpc) is 2.17. The quantitative estimate of drug-likeness (QED) is 0.739. The summed E-state index contributed by atoms with van der Waals surface area (Å²) in [6.45, 7) is 12.5. The predicted octanol–water partition coefficient (Wildman–Crippen LogP) is 2.22. The van der Waals surface area contributed by atoms with Crippen molar-refractivity contribution >= 4 is 5.91 Å². The Balaban J connectivity index is 0.00000225. The number of carbonyl (C=O) groups is 1. The van der Waals surface area contributed by atoms with E-state index in [1.165, 1.54) is 0 Å². The van der Waals surface area contributed by atoms with Crippen LogP contribution in [0.4, 0.5) is 0 Å². The number of hydrogen-bond acceptors (Lipinski definition) is 2. The minimum Gasteiger partial charge on any atom is -0.340 e. The molecule has 3 heteroatoms. The van der Waals surface area contributed by atoms with Crippen LogP contribution in [0.3, 0.4) is 0 Å². The number of nitrogens with zero attached hydrogens (tertiary/aromatic N) is 2. The van der Waals surface area contributed by atoms with E-state index in [0.29, 0.717) is 24.3 Å². The van der Waals surface area contributed by atoms with E-state index in [0.717, 1.165) is 26.2 Å². The van der Waals surface area contributed by atoms with Crippen molar-refractivity contribution in [2.24, 2.45) is 5.92 Å². The van der Waals surface area contributed by atoms with Crippen molar-refractivity contribution in [1.29, 1.82) is 0 Å². The van der Waals surface area contributed by atoms with Gasteiger partial charge in [0, 0.05) is 38.6 Å². The van der Waals surface area contributed by atoms with Crippen molar-refractivity contribution in [3.05, 3.63) is 0 Å². The SMILES string of the molecule is C.CC(C)CC(=O)N1CCN(C(C)C)CC1. The van der Waals surface area contributed by atoms with Gasteiger partial charge in [0.05, 0.1) is 0 Å². The van der Waals surface area contributed by atoms with Crippen molar-refractivity contribution in [3.8, 4) is 0 Å². The summed E-state index contributed by atoms with van der Waals surface area (Å²) in [5, 5.41) is 0. The first kappa shape index (κ1) is 15.4. The smallest absolute Gasteiger partial charge is 0.222 e. The maximum atomic E-state index is 11.8. The molecule has 0 N–H and O–H groups in total. The second-order valence-electron chi connectivity index (χ2n) is 5.11. The van der Waals surface area contributed by atoms with Gasteiger partial charge in [0.2, 0.25) is 5.91 Å². The number of hydrogen-bond donors (Lipinski definition) is 0. The Morgan fingerprint density at radius 3 is 1.94 bits per heavy atom. The van der Waals surface area contributed by atoms with Gasteiger partial charge in [-0.25, -0.2) is 0 Å². The van der Waals surface area contributed by atoms with Crippen LogP contribution in [0.25, 0.3) is 0 Å². The van der Waals surface area contributed by atoms with Gasteiger partial charge in [0.15, 0.2) is 0 Å². The van der Waals surface area contributed by atoms with Gasteiger partial charge >= 0.3 is 0 Å². The zero-order chi connectivity index (χ0) is 11.4. The van der Waals surface area contributed by atoms with E-state index in [1.54, 1.807) is 0 Å². The Kier molecular flexibility index (Phi) is 6.65. The third kappa shape index (κ3) is 4.52. The van der Waals surface area contributed by atoms with Gasteiger partial charge in [-0.2, -0.15) is 0 Å². The molecule has 0 bridgehead atoms. The van der Waals surface area contributed by atoms with Gasteiger partial charge in [-0.05, 0) is 19.8 Å².